The first-order chi connectivity index (χ1) is 12.9. The summed E-state index contributed by atoms with van der Waals surface area (Å²) in [6.07, 6.45) is 2.31. The Morgan fingerprint density at radius 1 is 1.11 bits per heavy atom. The van der Waals surface area contributed by atoms with Gasteiger partial charge in [-0.3, -0.25) is 4.90 Å². The highest BCUT2D eigenvalue weighted by Gasteiger charge is 2.27. The Labute approximate surface area is 162 Å². The molecule has 5 nitrogen and oxygen atoms in total. The van der Waals surface area contributed by atoms with Crippen molar-refractivity contribution in [2.45, 2.75) is 37.6 Å². The van der Waals surface area contributed by atoms with Crippen LogP contribution >= 0.6 is 0 Å². The number of nitrogens with zero attached hydrogens (tertiary/aromatic N) is 1. The second kappa shape index (κ2) is 8.42. The summed E-state index contributed by atoms with van der Waals surface area (Å²) >= 11 is 0. The number of rotatable bonds is 7. The van der Waals surface area contributed by atoms with E-state index in [1.807, 2.05) is 25.1 Å². The largest absolute Gasteiger partial charge is 0.495 e. The molecule has 0 aromatic heterocycles. The van der Waals surface area contributed by atoms with Crippen LogP contribution in [0.1, 0.15) is 35.6 Å². The second-order valence-electron chi connectivity index (χ2n) is 7.12. The van der Waals surface area contributed by atoms with Gasteiger partial charge in [0.25, 0.3) is 0 Å². The molecule has 0 bridgehead atoms. The van der Waals surface area contributed by atoms with Crippen LogP contribution in [0.2, 0.25) is 0 Å². The van der Waals surface area contributed by atoms with Crippen molar-refractivity contribution in [1.29, 1.82) is 0 Å². The molecular weight excluding hydrogens is 360 g/mol. The molecule has 1 unspecified atom stereocenters. The lowest BCUT2D eigenvalue weighted by Gasteiger charge is -2.29. The first-order valence-electron chi connectivity index (χ1n) is 9.36. The highest BCUT2D eigenvalue weighted by molar-refractivity contribution is 7.89. The summed E-state index contributed by atoms with van der Waals surface area (Å²) in [5, 5.41) is 0. The molecule has 1 saturated heterocycles. The lowest BCUT2D eigenvalue weighted by atomic mass is 10.0. The zero-order chi connectivity index (χ0) is 19.4. The molecule has 3 rings (SSSR count). The third-order valence-corrected chi connectivity index (χ3v) is 6.65. The van der Waals surface area contributed by atoms with E-state index in [-0.39, 0.29) is 10.9 Å². The van der Waals surface area contributed by atoms with Crippen molar-refractivity contribution in [2.75, 3.05) is 26.7 Å². The van der Waals surface area contributed by atoms with Crippen LogP contribution in [0.15, 0.2) is 47.4 Å². The van der Waals surface area contributed by atoms with Gasteiger partial charge in [0.05, 0.1) is 7.11 Å². The van der Waals surface area contributed by atoms with Gasteiger partial charge in [-0.25, -0.2) is 13.1 Å². The van der Waals surface area contributed by atoms with Gasteiger partial charge in [-0.15, -0.1) is 0 Å². The summed E-state index contributed by atoms with van der Waals surface area (Å²) in [6.45, 7) is 6.28. The number of ether oxygens (including phenoxy) is 1. The highest BCUT2D eigenvalue weighted by atomic mass is 32.2. The van der Waals surface area contributed by atoms with Crippen molar-refractivity contribution >= 4 is 10.0 Å². The summed E-state index contributed by atoms with van der Waals surface area (Å²) in [5.41, 5.74) is 3.24. The van der Waals surface area contributed by atoms with Gasteiger partial charge in [0, 0.05) is 12.6 Å². The minimum absolute atomic E-state index is 0.0271. The number of sulfonamides is 1. The minimum Gasteiger partial charge on any atom is -0.495 e. The van der Waals surface area contributed by atoms with Gasteiger partial charge in [0.15, 0.2) is 0 Å². The van der Waals surface area contributed by atoms with Crippen LogP contribution in [-0.4, -0.2) is 40.1 Å². The summed E-state index contributed by atoms with van der Waals surface area (Å²) < 4.78 is 34.1. The van der Waals surface area contributed by atoms with E-state index < -0.39 is 10.0 Å². The fourth-order valence-electron chi connectivity index (χ4n) is 3.71. The van der Waals surface area contributed by atoms with Gasteiger partial charge in [0.1, 0.15) is 10.6 Å². The average Bonchev–Trinajstić information content (AvgIpc) is 3.17. The Morgan fingerprint density at radius 2 is 1.81 bits per heavy atom. The van der Waals surface area contributed by atoms with Crippen molar-refractivity contribution in [3.05, 3.63) is 59.2 Å². The normalized spacial score (nSPS) is 16.4. The Bertz CT molecular complexity index is 890. The minimum atomic E-state index is -3.67. The quantitative estimate of drug-likeness (QED) is 0.790. The van der Waals surface area contributed by atoms with Crippen LogP contribution in [0.25, 0.3) is 0 Å². The average molecular weight is 389 g/mol. The lowest BCUT2D eigenvalue weighted by molar-refractivity contribution is 0.245. The summed E-state index contributed by atoms with van der Waals surface area (Å²) in [4.78, 5) is 2.56. The third-order valence-electron chi connectivity index (χ3n) is 5.20. The zero-order valence-electron chi connectivity index (χ0n) is 16.2. The topological polar surface area (TPSA) is 58.6 Å². The molecule has 1 N–H and O–H groups in total. The molecule has 1 atom stereocenters. The van der Waals surface area contributed by atoms with Crippen molar-refractivity contribution in [2.24, 2.45) is 0 Å². The maximum absolute atomic E-state index is 13.0. The van der Waals surface area contributed by atoms with E-state index in [1.165, 1.54) is 18.2 Å². The molecule has 1 aliphatic rings. The van der Waals surface area contributed by atoms with Crippen molar-refractivity contribution in [3.63, 3.8) is 0 Å². The molecule has 146 valence electrons. The summed E-state index contributed by atoms with van der Waals surface area (Å²) in [5.74, 6) is 0.363. The Morgan fingerprint density at radius 3 is 2.48 bits per heavy atom. The van der Waals surface area contributed by atoms with E-state index in [4.69, 9.17) is 4.74 Å². The number of aryl methyl sites for hydroxylation is 2. The Hall–Kier alpha value is -1.89. The molecule has 0 radical (unpaired) electrons. The van der Waals surface area contributed by atoms with Crippen LogP contribution in [0, 0.1) is 13.8 Å². The molecule has 0 amide bonds. The van der Waals surface area contributed by atoms with Crippen LogP contribution in [0.5, 0.6) is 5.75 Å². The third kappa shape index (κ3) is 4.51. The predicted molar refractivity (Wildman–Crippen MR) is 108 cm³/mol. The van der Waals surface area contributed by atoms with Crippen LogP contribution in [-0.2, 0) is 10.0 Å². The second-order valence-corrected chi connectivity index (χ2v) is 8.86. The van der Waals surface area contributed by atoms with Gasteiger partial charge in [0.2, 0.25) is 10.0 Å². The maximum Gasteiger partial charge on any atom is 0.244 e. The fourth-order valence-corrected chi connectivity index (χ4v) is 5.00. The number of hydrogen-bond donors (Lipinski definition) is 1. The lowest BCUT2D eigenvalue weighted by Crippen LogP contribution is -2.37. The van der Waals surface area contributed by atoms with Gasteiger partial charge in [-0.05, 0) is 68.6 Å². The fraction of sp³-hybridized carbons (Fsp3) is 0.429. The highest BCUT2D eigenvalue weighted by Crippen LogP contribution is 2.29. The monoisotopic (exact) mass is 388 g/mol. The number of benzene rings is 2. The zero-order valence-corrected chi connectivity index (χ0v) is 17.1. The van der Waals surface area contributed by atoms with E-state index in [2.05, 4.69) is 28.7 Å². The number of hydrogen-bond acceptors (Lipinski definition) is 4. The predicted octanol–water partition coefficient (Wildman–Crippen LogP) is 3.43. The first kappa shape index (κ1) is 19.9. The van der Waals surface area contributed by atoms with E-state index >= 15 is 0 Å². The molecule has 0 saturated carbocycles. The van der Waals surface area contributed by atoms with Crippen LogP contribution in [0.3, 0.4) is 0 Å². The van der Waals surface area contributed by atoms with Gasteiger partial charge < -0.3 is 4.74 Å². The van der Waals surface area contributed by atoms with E-state index in [0.717, 1.165) is 31.5 Å². The van der Waals surface area contributed by atoms with E-state index in [1.54, 1.807) is 12.1 Å². The van der Waals surface area contributed by atoms with Gasteiger partial charge >= 0.3 is 0 Å². The Kier molecular flexibility index (Phi) is 6.19. The molecule has 27 heavy (non-hydrogen) atoms. The smallest absolute Gasteiger partial charge is 0.244 e. The standard InChI is InChI=1S/C21H28N2O3S/c1-16-10-11-20(26-3)21(14-16)27(24,25)22-15-19(23-12-6-7-13-23)18-9-5-4-8-17(18)2/h4-5,8-11,14,19,22H,6-7,12-13,15H2,1-3H3. The van der Waals surface area contributed by atoms with Crippen LogP contribution in [0.4, 0.5) is 0 Å². The van der Waals surface area contributed by atoms with Crippen LogP contribution < -0.4 is 9.46 Å². The van der Waals surface area contributed by atoms with Crippen molar-refractivity contribution < 1.29 is 13.2 Å². The van der Waals surface area contributed by atoms with E-state index in [9.17, 15) is 8.42 Å². The number of methoxy groups -OCH3 is 1. The van der Waals surface area contributed by atoms with Gasteiger partial charge in [-0.2, -0.15) is 0 Å². The maximum atomic E-state index is 13.0. The molecule has 6 heteroatoms. The molecule has 1 heterocycles. The van der Waals surface area contributed by atoms with Crippen molar-refractivity contribution in [1.82, 2.24) is 9.62 Å². The van der Waals surface area contributed by atoms with Gasteiger partial charge in [-0.1, -0.05) is 30.3 Å². The molecule has 1 fully saturated rings. The summed E-state index contributed by atoms with van der Waals surface area (Å²) in [7, 11) is -2.18. The number of likely N-dealkylation sites (tertiary alicyclic amines) is 1. The first-order valence-corrected chi connectivity index (χ1v) is 10.8. The molecule has 0 spiro atoms. The number of nitrogens with one attached hydrogen (secondary N) is 1. The molecular formula is C21H28N2O3S. The molecule has 2 aromatic rings. The summed E-state index contributed by atoms with van der Waals surface area (Å²) in [6, 6.07) is 13.4. The molecule has 1 aliphatic heterocycles. The Balaban J connectivity index is 1.87. The molecule has 0 aliphatic carbocycles. The molecule has 2 aromatic carbocycles. The van der Waals surface area contributed by atoms with E-state index in [0.29, 0.717) is 12.3 Å². The van der Waals surface area contributed by atoms with Crippen molar-refractivity contribution in [3.8, 4) is 5.75 Å². The SMILES string of the molecule is COc1ccc(C)cc1S(=O)(=O)NCC(c1ccccc1C)N1CCCC1.